The standard InChI is InChI=1S/C24H33BN4O4.C18H21IN4O2.C12H24B2O4/c1-15(2)29-13-17(12-27-29)16-10-18-19(25-32-23(6,7)24(8,9)33-25)14-28(20(18)26-11-16)21(30)31-22(3,4)5;1-11(2)23-9-13(8-21-23)12-6-14-15(19)10-22(16(14)20-7-12)17(24)25-18(3,4)5;1-9(2)10(3,4)16-13(15-9)14-17-11(5,6)12(7,8)18-14/h10-15H,1-9H3;6-11H,1-5H3;1-8H3. The number of ether oxygens (including phenoxy) is 2. The van der Waals surface area contributed by atoms with Crippen molar-refractivity contribution in [3.05, 3.63) is 65.3 Å². The predicted octanol–water partition coefficient (Wildman–Crippen LogP) is 11.7. The maximum Gasteiger partial charge on any atom is 0.497 e. The first-order chi connectivity index (χ1) is 34.7. The topological polar surface area (TPSA) is 179 Å². The SMILES string of the molecule is CC(C)n1cc(-c2cnc3c(c2)c(B2OC(C)(C)C(C)(C)O2)cn3C(=O)OC(C)(C)C)cn1.CC(C)n1cc(-c2cnc3c(c2)c(I)cn3C(=O)OC(C)(C)C)cn1.CC1(C)OB(B2OC(C)(C)C(C)(C)O2)OC1(C)C. The van der Waals surface area contributed by atoms with Crippen molar-refractivity contribution < 1.29 is 47.0 Å². The molecule has 9 rings (SSSR count). The van der Waals surface area contributed by atoms with Crippen molar-refractivity contribution in [1.82, 2.24) is 38.7 Å². The van der Waals surface area contributed by atoms with Gasteiger partial charge in [-0.25, -0.2) is 28.7 Å². The molecule has 76 heavy (non-hydrogen) atoms. The van der Waals surface area contributed by atoms with Gasteiger partial charge >= 0.3 is 33.3 Å². The molecule has 0 spiro atoms. The van der Waals surface area contributed by atoms with Crippen LogP contribution in [-0.2, 0) is 37.4 Å². The third-order valence-electron chi connectivity index (χ3n) is 14.6. The van der Waals surface area contributed by atoms with Gasteiger partial charge in [-0.05, 0) is 187 Å². The molecule has 0 unspecified atom stereocenters. The Bertz CT molecular complexity index is 3020. The van der Waals surface area contributed by atoms with Crippen molar-refractivity contribution >= 4 is 83.4 Å². The number of aromatic nitrogens is 8. The molecule has 6 aromatic rings. The molecule has 0 radical (unpaired) electrons. The minimum Gasteiger partial charge on any atom is -0.443 e. The lowest BCUT2D eigenvalue weighted by molar-refractivity contribution is 0.00578. The maximum absolute atomic E-state index is 13.0. The fourth-order valence-corrected chi connectivity index (χ4v) is 8.79. The summed E-state index contributed by atoms with van der Waals surface area (Å²) in [5.41, 5.74) is 2.00. The monoisotopic (exact) mass is 1160 g/mol. The Morgan fingerprint density at radius 3 is 1.21 bits per heavy atom. The summed E-state index contributed by atoms with van der Waals surface area (Å²) in [7, 11) is -1.59. The summed E-state index contributed by atoms with van der Waals surface area (Å²) in [5, 5.41) is 10.5. The van der Waals surface area contributed by atoms with Gasteiger partial charge in [-0.15, -0.1) is 0 Å². The molecule has 3 aliphatic heterocycles. The molecule has 0 aromatic carbocycles. The van der Waals surface area contributed by atoms with Crippen LogP contribution in [0.4, 0.5) is 9.59 Å². The average molecular weight is 1160 g/mol. The number of nitrogens with zero attached hydrogens (tertiary/aromatic N) is 8. The summed E-state index contributed by atoms with van der Waals surface area (Å²) in [6.45, 7) is 43.6. The van der Waals surface area contributed by atoms with E-state index < -0.39 is 55.7 Å². The van der Waals surface area contributed by atoms with Gasteiger partial charge in [-0.1, -0.05) is 0 Å². The van der Waals surface area contributed by atoms with E-state index in [0.29, 0.717) is 17.3 Å². The molecule has 0 amide bonds. The van der Waals surface area contributed by atoms with Gasteiger partial charge in [0.15, 0.2) is 5.65 Å². The first kappa shape index (κ1) is 59.1. The summed E-state index contributed by atoms with van der Waals surface area (Å²) in [5.74, 6) is 0. The van der Waals surface area contributed by atoms with Crippen LogP contribution in [0.5, 0.6) is 0 Å². The molecule has 410 valence electrons. The van der Waals surface area contributed by atoms with Crippen molar-refractivity contribution in [3.8, 4) is 22.3 Å². The second-order valence-electron chi connectivity index (χ2n) is 25.4. The number of carbonyl (C=O) groups is 2. The highest BCUT2D eigenvalue weighted by molar-refractivity contribution is 14.1. The molecular weight excluding hydrogens is 1080 g/mol. The average Bonchev–Trinajstić information content (AvgIpc) is 4.14. The molecule has 0 N–H and O–H groups in total. The highest BCUT2D eigenvalue weighted by Crippen LogP contribution is 2.43. The van der Waals surface area contributed by atoms with E-state index in [1.54, 1.807) is 24.8 Å². The van der Waals surface area contributed by atoms with Crippen molar-refractivity contribution in [2.24, 2.45) is 0 Å². The Kier molecular flexibility index (Phi) is 16.0. The number of hydrogen-bond acceptors (Lipinski definition) is 14. The summed E-state index contributed by atoms with van der Waals surface area (Å²) in [6, 6.07) is 4.60. The number of rotatable bonds is 6. The van der Waals surface area contributed by atoms with Crippen LogP contribution in [0.1, 0.15) is 164 Å². The molecule has 0 aliphatic carbocycles. The lowest BCUT2D eigenvalue weighted by Crippen LogP contribution is -2.41. The van der Waals surface area contributed by atoms with Crippen molar-refractivity contribution in [2.45, 2.75) is 209 Å². The van der Waals surface area contributed by atoms with Crippen LogP contribution in [0.15, 0.2) is 61.7 Å². The third kappa shape index (κ3) is 12.3. The maximum atomic E-state index is 13.0. The fourth-order valence-electron chi connectivity index (χ4n) is 8.11. The highest BCUT2D eigenvalue weighted by atomic mass is 127. The first-order valence-corrected chi connectivity index (χ1v) is 27.1. The molecule has 6 aromatic heterocycles. The Balaban J connectivity index is 0.000000174. The van der Waals surface area contributed by atoms with E-state index in [4.69, 9.17) is 37.4 Å². The highest BCUT2D eigenvalue weighted by Gasteiger charge is 2.64. The largest absolute Gasteiger partial charge is 0.497 e. The van der Waals surface area contributed by atoms with Crippen LogP contribution in [0.25, 0.3) is 44.3 Å². The summed E-state index contributed by atoms with van der Waals surface area (Å²) in [6.07, 6.45) is 13.7. The van der Waals surface area contributed by atoms with Crippen molar-refractivity contribution in [3.63, 3.8) is 0 Å². The van der Waals surface area contributed by atoms with Gasteiger partial charge < -0.3 is 37.4 Å². The zero-order valence-corrected chi connectivity index (χ0v) is 50.9. The van der Waals surface area contributed by atoms with Gasteiger partial charge in [0.2, 0.25) is 0 Å². The quantitative estimate of drug-likeness (QED) is 0.114. The third-order valence-corrected chi connectivity index (χ3v) is 15.5. The number of hydrogen-bond donors (Lipinski definition) is 0. The molecule has 18 nitrogen and oxygen atoms in total. The molecular formula is C54H78B3IN8O10. The zero-order chi connectivity index (χ0) is 56.7. The van der Waals surface area contributed by atoms with Crippen LogP contribution in [0.2, 0.25) is 0 Å². The van der Waals surface area contributed by atoms with Gasteiger partial charge in [-0.2, -0.15) is 10.2 Å². The Morgan fingerprint density at radius 1 is 0.513 bits per heavy atom. The minimum atomic E-state index is -0.642. The first-order valence-electron chi connectivity index (χ1n) is 26.0. The Labute approximate surface area is 463 Å². The molecule has 3 saturated heterocycles. The van der Waals surface area contributed by atoms with E-state index >= 15 is 0 Å². The van der Waals surface area contributed by atoms with Crippen molar-refractivity contribution in [1.29, 1.82) is 0 Å². The molecule has 9 heterocycles. The van der Waals surface area contributed by atoms with Crippen LogP contribution in [0.3, 0.4) is 0 Å². The normalized spacial score (nSPS) is 19.3. The number of halogens is 1. The lowest BCUT2D eigenvalue weighted by atomic mass is 9.49. The molecule has 0 atom stereocenters. The molecule has 3 aliphatic rings. The number of pyridine rings is 2. The summed E-state index contributed by atoms with van der Waals surface area (Å²) in [4.78, 5) is 34.5. The van der Waals surface area contributed by atoms with Crippen LogP contribution in [-0.4, -0.2) is 117 Å². The van der Waals surface area contributed by atoms with Gasteiger partial charge in [-0.3, -0.25) is 9.36 Å². The van der Waals surface area contributed by atoms with E-state index in [0.717, 1.165) is 42.1 Å². The second-order valence-corrected chi connectivity index (χ2v) is 26.6. The van der Waals surface area contributed by atoms with Crippen LogP contribution >= 0.6 is 22.6 Å². The predicted molar refractivity (Wildman–Crippen MR) is 307 cm³/mol. The van der Waals surface area contributed by atoms with Crippen LogP contribution < -0.4 is 5.46 Å². The second kappa shape index (κ2) is 20.6. The molecule has 22 heteroatoms. The van der Waals surface area contributed by atoms with E-state index in [2.05, 4.69) is 70.5 Å². The lowest BCUT2D eigenvalue weighted by Gasteiger charge is -2.32. The fraction of sp³-hybridized carbons (Fsp3) is 0.593. The Morgan fingerprint density at radius 2 is 0.855 bits per heavy atom. The van der Waals surface area contributed by atoms with E-state index in [9.17, 15) is 9.59 Å². The number of fused-ring (bicyclic) bond motifs is 2. The van der Waals surface area contributed by atoms with Gasteiger partial charge in [0, 0.05) is 91.3 Å². The van der Waals surface area contributed by atoms with E-state index in [-0.39, 0.29) is 28.4 Å². The van der Waals surface area contributed by atoms with Crippen LogP contribution in [0, 0.1) is 3.57 Å². The van der Waals surface area contributed by atoms with Gasteiger partial charge in [0.1, 0.15) is 16.8 Å². The minimum absolute atomic E-state index is 0.254. The van der Waals surface area contributed by atoms with Gasteiger partial charge in [0.05, 0.1) is 46.0 Å². The smallest absolute Gasteiger partial charge is 0.443 e. The van der Waals surface area contributed by atoms with Crippen molar-refractivity contribution in [2.75, 3.05) is 0 Å². The zero-order valence-electron chi connectivity index (χ0n) is 48.7. The molecule has 3 fully saturated rings. The number of carbonyl (C=O) groups excluding carboxylic acids is 2. The van der Waals surface area contributed by atoms with Gasteiger partial charge in [0.25, 0.3) is 0 Å². The molecule has 0 saturated carbocycles. The molecule has 0 bridgehead atoms. The summed E-state index contributed by atoms with van der Waals surface area (Å²) < 4.78 is 55.2. The summed E-state index contributed by atoms with van der Waals surface area (Å²) >= 11 is 2.21. The Hall–Kier alpha value is -4.58. The van der Waals surface area contributed by atoms with E-state index in [1.165, 1.54) is 9.13 Å². The van der Waals surface area contributed by atoms with E-state index in [1.807, 2.05) is 171 Å².